The van der Waals surface area contributed by atoms with E-state index in [-0.39, 0.29) is 0 Å². The highest BCUT2D eigenvalue weighted by Crippen LogP contribution is 2.17. The van der Waals surface area contributed by atoms with E-state index >= 15 is 0 Å². The van der Waals surface area contributed by atoms with Crippen LogP contribution in [0.3, 0.4) is 0 Å². The van der Waals surface area contributed by atoms with Crippen LogP contribution in [0.15, 0.2) is 12.5 Å². The molecule has 0 aromatic heterocycles. The van der Waals surface area contributed by atoms with Crippen molar-refractivity contribution in [2.75, 3.05) is 33.8 Å². The van der Waals surface area contributed by atoms with Gasteiger partial charge in [-0.1, -0.05) is 6.92 Å². The van der Waals surface area contributed by atoms with Gasteiger partial charge in [0, 0.05) is 12.6 Å². The molecule has 1 aliphatic heterocycles. The van der Waals surface area contributed by atoms with Gasteiger partial charge in [-0.05, 0) is 27.1 Å². The van der Waals surface area contributed by atoms with Gasteiger partial charge in [-0.3, -0.25) is 0 Å². The van der Waals surface area contributed by atoms with Crippen molar-refractivity contribution in [1.82, 2.24) is 9.80 Å². The molecular weight excluding hydrogens is 164 g/mol. The Kier molecular flexibility index (Phi) is 3.60. The summed E-state index contributed by atoms with van der Waals surface area (Å²) >= 11 is 0. The largest absolute Gasteiger partial charge is 0.478 e. The summed E-state index contributed by atoms with van der Waals surface area (Å²) in [6.45, 7) is 8.96. The molecule has 0 bridgehead atoms. The van der Waals surface area contributed by atoms with Crippen molar-refractivity contribution >= 4 is 0 Å². The molecular formula is C10H20N2O. The van der Waals surface area contributed by atoms with Gasteiger partial charge in [-0.2, -0.15) is 0 Å². The molecule has 1 fully saturated rings. The van der Waals surface area contributed by atoms with E-state index in [9.17, 15) is 0 Å². The SMILES string of the molecule is C=C1OCCN1C(CC)CN(C)C. The molecule has 0 radical (unpaired) electrons. The van der Waals surface area contributed by atoms with Crippen LogP contribution in [0.25, 0.3) is 0 Å². The van der Waals surface area contributed by atoms with Gasteiger partial charge >= 0.3 is 0 Å². The number of nitrogens with zero attached hydrogens (tertiary/aromatic N) is 2. The molecule has 1 unspecified atom stereocenters. The Bertz CT molecular complexity index is 180. The average molecular weight is 184 g/mol. The molecule has 0 aromatic carbocycles. The van der Waals surface area contributed by atoms with E-state index in [0.29, 0.717) is 6.04 Å². The van der Waals surface area contributed by atoms with E-state index in [1.54, 1.807) is 0 Å². The number of likely N-dealkylation sites (N-methyl/N-ethyl adjacent to an activating group) is 1. The monoisotopic (exact) mass is 184 g/mol. The minimum absolute atomic E-state index is 0.546. The summed E-state index contributed by atoms with van der Waals surface area (Å²) in [5, 5.41) is 0. The molecule has 3 heteroatoms. The van der Waals surface area contributed by atoms with Gasteiger partial charge in [0.05, 0.1) is 6.54 Å². The van der Waals surface area contributed by atoms with Crippen LogP contribution in [0.1, 0.15) is 13.3 Å². The maximum atomic E-state index is 5.34. The van der Waals surface area contributed by atoms with Crippen LogP contribution < -0.4 is 0 Å². The zero-order valence-electron chi connectivity index (χ0n) is 8.92. The van der Waals surface area contributed by atoms with E-state index in [2.05, 4.69) is 37.4 Å². The molecule has 0 aliphatic carbocycles. The van der Waals surface area contributed by atoms with Crippen molar-refractivity contribution in [3.63, 3.8) is 0 Å². The molecule has 0 amide bonds. The maximum absolute atomic E-state index is 5.34. The van der Waals surface area contributed by atoms with Gasteiger partial charge in [0.2, 0.25) is 0 Å². The third-order valence-corrected chi connectivity index (χ3v) is 2.41. The minimum Gasteiger partial charge on any atom is -0.478 e. The second kappa shape index (κ2) is 4.51. The van der Waals surface area contributed by atoms with Crippen LogP contribution in [0.4, 0.5) is 0 Å². The predicted molar refractivity (Wildman–Crippen MR) is 54.4 cm³/mol. The van der Waals surface area contributed by atoms with E-state index in [4.69, 9.17) is 4.74 Å². The normalized spacial score (nSPS) is 19.4. The van der Waals surface area contributed by atoms with Crippen LogP contribution in [-0.2, 0) is 4.74 Å². The van der Waals surface area contributed by atoms with Crippen molar-refractivity contribution in [3.05, 3.63) is 12.5 Å². The van der Waals surface area contributed by atoms with Crippen molar-refractivity contribution in [2.24, 2.45) is 0 Å². The van der Waals surface area contributed by atoms with Crippen LogP contribution in [0, 0.1) is 0 Å². The van der Waals surface area contributed by atoms with Crippen LogP contribution >= 0.6 is 0 Å². The Labute approximate surface area is 81.0 Å². The topological polar surface area (TPSA) is 15.7 Å². The fourth-order valence-corrected chi connectivity index (χ4v) is 1.73. The van der Waals surface area contributed by atoms with Crippen molar-refractivity contribution in [2.45, 2.75) is 19.4 Å². The van der Waals surface area contributed by atoms with E-state index < -0.39 is 0 Å². The van der Waals surface area contributed by atoms with Crippen LogP contribution in [0.5, 0.6) is 0 Å². The maximum Gasteiger partial charge on any atom is 0.182 e. The van der Waals surface area contributed by atoms with Gasteiger partial charge < -0.3 is 14.5 Å². The minimum atomic E-state index is 0.546. The lowest BCUT2D eigenvalue weighted by atomic mass is 10.2. The zero-order valence-corrected chi connectivity index (χ0v) is 8.92. The van der Waals surface area contributed by atoms with Crippen molar-refractivity contribution in [1.29, 1.82) is 0 Å². The van der Waals surface area contributed by atoms with Crippen molar-refractivity contribution < 1.29 is 4.74 Å². The molecule has 1 heterocycles. The van der Waals surface area contributed by atoms with E-state index in [0.717, 1.165) is 32.0 Å². The standard InChI is InChI=1S/C10H20N2O/c1-5-10(8-11(3)4)12-6-7-13-9(12)2/h10H,2,5-8H2,1,3-4H3. The lowest BCUT2D eigenvalue weighted by molar-refractivity contribution is 0.180. The Morgan fingerprint density at radius 2 is 2.31 bits per heavy atom. The average Bonchev–Trinajstić information content (AvgIpc) is 2.47. The quantitative estimate of drug-likeness (QED) is 0.651. The smallest absolute Gasteiger partial charge is 0.182 e. The second-order valence-corrected chi connectivity index (χ2v) is 3.76. The highest BCUT2D eigenvalue weighted by molar-refractivity contribution is 4.93. The summed E-state index contributed by atoms with van der Waals surface area (Å²) in [5.41, 5.74) is 0. The summed E-state index contributed by atoms with van der Waals surface area (Å²) in [5.74, 6) is 0.841. The highest BCUT2D eigenvalue weighted by atomic mass is 16.5. The molecule has 0 saturated carbocycles. The van der Waals surface area contributed by atoms with Gasteiger partial charge in [-0.25, -0.2) is 0 Å². The summed E-state index contributed by atoms with van der Waals surface area (Å²) in [6.07, 6.45) is 1.14. The molecule has 0 spiro atoms. The third kappa shape index (κ3) is 2.62. The molecule has 1 rings (SSSR count). The number of ether oxygens (including phenoxy) is 1. The third-order valence-electron chi connectivity index (χ3n) is 2.41. The Morgan fingerprint density at radius 1 is 1.62 bits per heavy atom. The molecule has 13 heavy (non-hydrogen) atoms. The lowest BCUT2D eigenvalue weighted by Crippen LogP contribution is -2.39. The van der Waals surface area contributed by atoms with Gasteiger partial charge in [0.25, 0.3) is 0 Å². The Morgan fingerprint density at radius 3 is 2.69 bits per heavy atom. The first-order valence-corrected chi connectivity index (χ1v) is 4.88. The number of hydrogen-bond donors (Lipinski definition) is 0. The summed E-state index contributed by atoms with van der Waals surface area (Å²) in [7, 11) is 4.20. The highest BCUT2D eigenvalue weighted by Gasteiger charge is 2.23. The van der Waals surface area contributed by atoms with E-state index in [1.807, 2.05) is 0 Å². The number of hydrogen-bond acceptors (Lipinski definition) is 3. The van der Waals surface area contributed by atoms with Gasteiger partial charge in [-0.15, -0.1) is 0 Å². The fourth-order valence-electron chi connectivity index (χ4n) is 1.73. The predicted octanol–water partition coefficient (Wildman–Crippen LogP) is 1.13. The number of rotatable bonds is 4. The molecule has 3 nitrogen and oxygen atoms in total. The molecule has 1 atom stereocenters. The molecule has 0 aromatic rings. The lowest BCUT2D eigenvalue weighted by Gasteiger charge is -2.29. The molecule has 1 saturated heterocycles. The van der Waals surface area contributed by atoms with Crippen LogP contribution in [0.2, 0.25) is 0 Å². The zero-order chi connectivity index (χ0) is 9.84. The summed E-state index contributed by atoms with van der Waals surface area (Å²) in [6, 6.07) is 0.546. The molecule has 1 aliphatic rings. The van der Waals surface area contributed by atoms with Crippen LogP contribution in [-0.4, -0.2) is 49.6 Å². The Hall–Kier alpha value is -0.700. The van der Waals surface area contributed by atoms with E-state index in [1.165, 1.54) is 0 Å². The van der Waals surface area contributed by atoms with Gasteiger partial charge in [0.1, 0.15) is 6.61 Å². The fraction of sp³-hybridized carbons (Fsp3) is 0.800. The second-order valence-electron chi connectivity index (χ2n) is 3.76. The van der Waals surface area contributed by atoms with Crippen molar-refractivity contribution in [3.8, 4) is 0 Å². The summed E-state index contributed by atoms with van der Waals surface area (Å²) < 4.78 is 5.34. The first-order chi connectivity index (χ1) is 6.15. The molecule has 0 N–H and O–H groups in total. The Balaban J connectivity index is 2.49. The molecule has 76 valence electrons. The van der Waals surface area contributed by atoms with Gasteiger partial charge in [0.15, 0.2) is 5.88 Å². The first kappa shape index (κ1) is 10.4. The summed E-state index contributed by atoms with van der Waals surface area (Å²) in [4.78, 5) is 4.47. The first-order valence-electron chi connectivity index (χ1n) is 4.88.